The zero-order valence-electron chi connectivity index (χ0n) is 8.26. The molecule has 0 saturated heterocycles. The molecule has 1 aromatic rings. The predicted molar refractivity (Wildman–Crippen MR) is 43.5 cm³/mol. The van der Waals surface area contributed by atoms with Crippen LogP contribution in [0, 0.1) is 23.5 Å². The molecular weight excluding hydrogens is 276 g/mol. The van der Waals surface area contributed by atoms with Crippen LogP contribution >= 0.6 is 0 Å². The van der Waals surface area contributed by atoms with Crippen molar-refractivity contribution in [3.05, 3.63) is 23.5 Å². The van der Waals surface area contributed by atoms with Crippen LogP contribution in [0.25, 0.3) is 0 Å². The van der Waals surface area contributed by atoms with E-state index in [-0.39, 0.29) is 0 Å². The number of nitrogens with one attached hydrogen (secondary N) is 1. The molecule has 1 aromatic heterocycles. The number of pyridine rings is 1. The number of hydrogen-bond donors (Lipinski definition) is 1. The molecule has 10 heteroatoms. The number of aromatic nitrogens is 1. The third-order valence-corrected chi connectivity index (χ3v) is 1.82. The molecule has 0 unspecified atom stereocenters. The highest BCUT2D eigenvalue weighted by Gasteiger charge is 2.41. The van der Waals surface area contributed by atoms with Gasteiger partial charge in [-0.3, -0.25) is 0 Å². The first kappa shape index (κ1) is 14.5. The molecule has 1 heterocycles. The molecule has 0 saturated carbocycles. The van der Waals surface area contributed by atoms with Gasteiger partial charge in [0.1, 0.15) is 5.69 Å². The molecule has 0 amide bonds. The van der Waals surface area contributed by atoms with Crippen LogP contribution in [0.2, 0.25) is 0 Å². The summed E-state index contributed by atoms with van der Waals surface area (Å²) in [5.41, 5.74) is -1.62. The van der Waals surface area contributed by atoms with Gasteiger partial charge in [-0.25, -0.2) is 8.78 Å². The second-order valence-corrected chi connectivity index (χ2v) is 3.11. The standard InChI is InChI=1S/C8H4F8N2/c9-2-4(3(10)6(12)18-5(2)11)17-1-8(15,16)7(13)14/h7H,1H2,(H,17,18). The first-order valence-corrected chi connectivity index (χ1v) is 4.26. The normalized spacial score (nSPS) is 12.1. The van der Waals surface area contributed by atoms with E-state index < -0.39 is 48.1 Å². The van der Waals surface area contributed by atoms with Crippen LogP contribution in [0.15, 0.2) is 0 Å². The van der Waals surface area contributed by atoms with Crippen molar-refractivity contribution < 1.29 is 35.1 Å². The zero-order chi connectivity index (χ0) is 14.1. The Labute approximate surface area is 94.6 Å². The molecule has 102 valence electrons. The van der Waals surface area contributed by atoms with Crippen LogP contribution in [-0.4, -0.2) is 23.9 Å². The fraction of sp³-hybridized carbons (Fsp3) is 0.375. The second-order valence-electron chi connectivity index (χ2n) is 3.11. The van der Waals surface area contributed by atoms with Crippen molar-refractivity contribution in [3.8, 4) is 0 Å². The molecule has 2 nitrogen and oxygen atoms in total. The summed E-state index contributed by atoms with van der Waals surface area (Å²) in [5.74, 6) is -13.0. The van der Waals surface area contributed by atoms with Crippen molar-refractivity contribution in [1.29, 1.82) is 0 Å². The van der Waals surface area contributed by atoms with Crippen LogP contribution < -0.4 is 5.32 Å². The van der Waals surface area contributed by atoms with Gasteiger partial charge in [-0.15, -0.1) is 0 Å². The summed E-state index contributed by atoms with van der Waals surface area (Å²) < 4.78 is 99.2. The summed E-state index contributed by atoms with van der Waals surface area (Å²) in [4.78, 5) is 2.15. The van der Waals surface area contributed by atoms with Crippen LogP contribution in [0.1, 0.15) is 0 Å². The average Bonchev–Trinajstić information content (AvgIpc) is 2.26. The van der Waals surface area contributed by atoms with Crippen molar-refractivity contribution in [1.82, 2.24) is 4.98 Å². The Morgan fingerprint density at radius 3 is 1.83 bits per heavy atom. The maximum Gasteiger partial charge on any atom is 0.324 e. The molecule has 0 aliphatic carbocycles. The summed E-state index contributed by atoms with van der Waals surface area (Å²) in [5, 5.41) is 1.18. The minimum absolute atomic E-state index is 1.18. The van der Waals surface area contributed by atoms with Gasteiger partial charge in [-0.2, -0.15) is 31.3 Å². The van der Waals surface area contributed by atoms with E-state index in [1.165, 1.54) is 5.32 Å². The lowest BCUT2D eigenvalue weighted by Crippen LogP contribution is -2.35. The molecule has 0 aliphatic rings. The number of rotatable bonds is 4. The lowest BCUT2D eigenvalue weighted by atomic mass is 10.3. The van der Waals surface area contributed by atoms with Gasteiger partial charge in [0, 0.05) is 0 Å². The molecule has 1 rings (SSSR count). The first-order chi connectivity index (χ1) is 8.16. The fourth-order valence-corrected chi connectivity index (χ4v) is 0.926. The highest BCUT2D eigenvalue weighted by molar-refractivity contribution is 5.45. The van der Waals surface area contributed by atoms with E-state index in [4.69, 9.17) is 0 Å². The summed E-state index contributed by atoms with van der Waals surface area (Å²) in [6.07, 6.45) is -4.10. The first-order valence-electron chi connectivity index (χ1n) is 4.26. The van der Waals surface area contributed by atoms with Gasteiger partial charge >= 0.3 is 12.3 Å². The molecule has 0 aromatic carbocycles. The minimum atomic E-state index is -4.62. The molecular formula is C8H4F8N2. The van der Waals surface area contributed by atoms with Gasteiger partial charge < -0.3 is 5.32 Å². The number of hydrogen-bond acceptors (Lipinski definition) is 2. The average molecular weight is 280 g/mol. The molecule has 0 aliphatic heterocycles. The minimum Gasteiger partial charge on any atom is -0.374 e. The fourth-order valence-electron chi connectivity index (χ4n) is 0.926. The van der Waals surface area contributed by atoms with E-state index in [1.54, 1.807) is 0 Å². The number of alkyl halides is 4. The zero-order valence-corrected chi connectivity index (χ0v) is 8.26. The van der Waals surface area contributed by atoms with Crippen molar-refractivity contribution in [2.45, 2.75) is 12.3 Å². The Bertz CT molecular complexity index is 421. The van der Waals surface area contributed by atoms with Crippen molar-refractivity contribution in [2.75, 3.05) is 11.9 Å². The Hall–Kier alpha value is -1.61. The van der Waals surface area contributed by atoms with Gasteiger partial charge in [0.25, 0.3) is 11.9 Å². The van der Waals surface area contributed by atoms with Gasteiger partial charge in [0.05, 0.1) is 6.54 Å². The number of nitrogens with zero attached hydrogens (tertiary/aromatic N) is 1. The van der Waals surface area contributed by atoms with Gasteiger partial charge in [-0.05, 0) is 0 Å². The molecule has 0 fully saturated rings. The van der Waals surface area contributed by atoms with Crippen LogP contribution in [0.5, 0.6) is 0 Å². The lowest BCUT2D eigenvalue weighted by molar-refractivity contribution is -0.117. The Morgan fingerprint density at radius 1 is 1.00 bits per heavy atom. The highest BCUT2D eigenvalue weighted by Crippen LogP contribution is 2.26. The maximum absolute atomic E-state index is 12.9. The summed E-state index contributed by atoms with van der Waals surface area (Å²) in [7, 11) is 0. The quantitative estimate of drug-likeness (QED) is 0.677. The van der Waals surface area contributed by atoms with E-state index in [0.717, 1.165) is 0 Å². The topological polar surface area (TPSA) is 24.9 Å². The monoisotopic (exact) mass is 280 g/mol. The number of anilines is 1. The predicted octanol–water partition coefficient (Wildman–Crippen LogP) is 2.95. The summed E-state index contributed by atoms with van der Waals surface area (Å²) in [6, 6.07) is 0. The van der Waals surface area contributed by atoms with E-state index in [1.807, 2.05) is 0 Å². The van der Waals surface area contributed by atoms with Crippen molar-refractivity contribution >= 4 is 5.69 Å². The van der Waals surface area contributed by atoms with Crippen molar-refractivity contribution in [2.24, 2.45) is 0 Å². The summed E-state index contributed by atoms with van der Waals surface area (Å²) in [6.45, 7) is -1.90. The molecule has 18 heavy (non-hydrogen) atoms. The smallest absolute Gasteiger partial charge is 0.324 e. The molecule has 1 N–H and O–H groups in total. The number of halogens is 8. The molecule has 0 atom stereocenters. The molecule has 0 radical (unpaired) electrons. The lowest BCUT2D eigenvalue weighted by Gasteiger charge is -2.17. The van der Waals surface area contributed by atoms with Crippen LogP contribution in [0.3, 0.4) is 0 Å². The Morgan fingerprint density at radius 2 is 1.44 bits per heavy atom. The maximum atomic E-state index is 12.9. The molecule has 0 spiro atoms. The SMILES string of the molecule is Fc1nc(F)c(F)c(NCC(F)(F)C(F)F)c1F. The van der Waals surface area contributed by atoms with Crippen LogP contribution in [0.4, 0.5) is 40.8 Å². The Kier molecular flexibility index (Phi) is 3.97. The van der Waals surface area contributed by atoms with E-state index in [0.29, 0.717) is 0 Å². The van der Waals surface area contributed by atoms with E-state index in [2.05, 4.69) is 4.98 Å². The molecule has 0 bridgehead atoms. The van der Waals surface area contributed by atoms with Gasteiger partial charge in [-0.1, -0.05) is 0 Å². The third-order valence-electron chi connectivity index (χ3n) is 1.82. The van der Waals surface area contributed by atoms with Crippen molar-refractivity contribution in [3.63, 3.8) is 0 Å². The largest absolute Gasteiger partial charge is 0.374 e. The summed E-state index contributed by atoms with van der Waals surface area (Å²) >= 11 is 0. The van der Waals surface area contributed by atoms with E-state index >= 15 is 0 Å². The third kappa shape index (κ3) is 2.79. The van der Waals surface area contributed by atoms with Gasteiger partial charge in [0.2, 0.25) is 11.6 Å². The highest BCUT2D eigenvalue weighted by atomic mass is 19.3. The van der Waals surface area contributed by atoms with E-state index in [9.17, 15) is 35.1 Å². The Balaban J connectivity index is 2.99. The van der Waals surface area contributed by atoms with Crippen LogP contribution in [-0.2, 0) is 0 Å². The van der Waals surface area contributed by atoms with Gasteiger partial charge in [0.15, 0.2) is 0 Å². The second kappa shape index (κ2) is 4.94.